The SMILES string of the molecule is Cc1cccc(C(=O)N(C)Cc2ccc(F)cc2Cl)c1NC(=O)c1ccccc1F. The van der Waals surface area contributed by atoms with Crippen LogP contribution in [-0.4, -0.2) is 23.8 Å². The van der Waals surface area contributed by atoms with Gasteiger partial charge in [0.1, 0.15) is 11.6 Å². The largest absolute Gasteiger partial charge is 0.337 e. The number of hydrogen-bond donors (Lipinski definition) is 1. The number of nitrogens with zero attached hydrogens (tertiary/aromatic N) is 1. The van der Waals surface area contributed by atoms with Crippen LogP contribution in [0.15, 0.2) is 60.7 Å². The van der Waals surface area contributed by atoms with Crippen LogP contribution in [0.5, 0.6) is 0 Å². The number of rotatable bonds is 5. The first kappa shape index (κ1) is 21.5. The molecule has 0 aromatic heterocycles. The Balaban J connectivity index is 1.87. The van der Waals surface area contributed by atoms with E-state index in [4.69, 9.17) is 11.6 Å². The highest BCUT2D eigenvalue weighted by Gasteiger charge is 2.21. The van der Waals surface area contributed by atoms with Crippen molar-refractivity contribution in [3.8, 4) is 0 Å². The number of halogens is 3. The van der Waals surface area contributed by atoms with Crippen molar-refractivity contribution in [3.63, 3.8) is 0 Å². The molecule has 7 heteroatoms. The fourth-order valence-electron chi connectivity index (χ4n) is 3.02. The Kier molecular flexibility index (Phi) is 6.47. The predicted molar refractivity (Wildman–Crippen MR) is 113 cm³/mol. The third-order valence-corrected chi connectivity index (χ3v) is 4.98. The molecule has 0 aliphatic rings. The summed E-state index contributed by atoms with van der Waals surface area (Å²) < 4.78 is 27.2. The molecule has 0 unspecified atom stereocenters. The molecule has 0 spiro atoms. The van der Waals surface area contributed by atoms with E-state index in [1.54, 1.807) is 38.2 Å². The van der Waals surface area contributed by atoms with E-state index in [1.165, 1.54) is 41.3 Å². The molecule has 3 rings (SSSR count). The molecule has 0 heterocycles. The lowest BCUT2D eigenvalue weighted by Gasteiger charge is -2.21. The van der Waals surface area contributed by atoms with Crippen molar-refractivity contribution < 1.29 is 18.4 Å². The zero-order chi connectivity index (χ0) is 21.8. The number of carbonyl (C=O) groups excluding carboxylic acids is 2. The Morgan fingerprint density at radius 2 is 1.70 bits per heavy atom. The zero-order valence-electron chi connectivity index (χ0n) is 16.4. The number of anilines is 1. The van der Waals surface area contributed by atoms with Gasteiger partial charge in [-0.2, -0.15) is 0 Å². The molecule has 0 aliphatic carbocycles. The molecule has 30 heavy (non-hydrogen) atoms. The van der Waals surface area contributed by atoms with Crippen molar-refractivity contribution in [2.45, 2.75) is 13.5 Å². The number of benzene rings is 3. The molecule has 0 saturated carbocycles. The molecule has 0 saturated heterocycles. The van der Waals surface area contributed by atoms with E-state index < -0.39 is 17.5 Å². The van der Waals surface area contributed by atoms with Gasteiger partial charge in [-0.15, -0.1) is 0 Å². The van der Waals surface area contributed by atoms with Crippen LogP contribution in [0.25, 0.3) is 0 Å². The summed E-state index contributed by atoms with van der Waals surface area (Å²) in [5.41, 5.74) is 1.66. The van der Waals surface area contributed by atoms with Gasteiger partial charge in [0, 0.05) is 18.6 Å². The van der Waals surface area contributed by atoms with Gasteiger partial charge >= 0.3 is 0 Å². The summed E-state index contributed by atoms with van der Waals surface area (Å²) in [5, 5.41) is 2.87. The van der Waals surface area contributed by atoms with E-state index in [0.717, 1.165) is 0 Å². The first-order chi connectivity index (χ1) is 14.3. The fraction of sp³-hybridized carbons (Fsp3) is 0.130. The summed E-state index contributed by atoms with van der Waals surface area (Å²) in [6.45, 7) is 1.89. The van der Waals surface area contributed by atoms with Gasteiger partial charge in [0.15, 0.2) is 0 Å². The smallest absolute Gasteiger partial charge is 0.258 e. The molecule has 0 atom stereocenters. The van der Waals surface area contributed by atoms with Crippen molar-refractivity contribution in [2.75, 3.05) is 12.4 Å². The van der Waals surface area contributed by atoms with E-state index in [2.05, 4.69) is 5.32 Å². The van der Waals surface area contributed by atoms with E-state index in [-0.39, 0.29) is 28.6 Å². The second-order valence-corrected chi connectivity index (χ2v) is 7.24. The molecule has 3 aromatic carbocycles. The van der Waals surface area contributed by atoms with Gasteiger partial charge < -0.3 is 10.2 Å². The maximum Gasteiger partial charge on any atom is 0.258 e. The van der Waals surface area contributed by atoms with Crippen molar-refractivity contribution in [3.05, 3.63) is 99.6 Å². The average Bonchev–Trinajstić information content (AvgIpc) is 2.71. The number of aryl methyl sites for hydroxylation is 1. The quantitative estimate of drug-likeness (QED) is 0.587. The predicted octanol–water partition coefficient (Wildman–Crippen LogP) is 5.45. The summed E-state index contributed by atoms with van der Waals surface area (Å²) in [7, 11) is 1.58. The van der Waals surface area contributed by atoms with Crippen molar-refractivity contribution in [1.82, 2.24) is 4.90 Å². The summed E-state index contributed by atoms with van der Waals surface area (Å²) in [6.07, 6.45) is 0. The molecule has 0 radical (unpaired) electrons. The third-order valence-electron chi connectivity index (χ3n) is 4.63. The molecular weight excluding hydrogens is 410 g/mol. The third kappa shape index (κ3) is 4.66. The molecule has 3 aromatic rings. The Morgan fingerprint density at radius 1 is 1.00 bits per heavy atom. The topological polar surface area (TPSA) is 49.4 Å². The second-order valence-electron chi connectivity index (χ2n) is 6.83. The average molecular weight is 429 g/mol. The first-order valence-corrected chi connectivity index (χ1v) is 9.50. The van der Waals surface area contributed by atoms with Gasteiger partial charge in [-0.25, -0.2) is 8.78 Å². The van der Waals surface area contributed by atoms with Crippen molar-refractivity contribution in [2.24, 2.45) is 0 Å². The second kappa shape index (κ2) is 9.05. The molecule has 154 valence electrons. The van der Waals surface area contributed by atoms with Crippen molar-refractivity contribution >= 4 is 29.1 Å². The Bertz CT molecular complexity index is 1120. The van der Waals surface area contributed by atoms with Crippen molar-refractivity contribution in [1.29, 1.82) is 0 Å². The minimum atomic E-state index is -0.653. The highest BCUT2D eigenvalue weighted by molar-refractivity contribution is 6.31. The molecule has 4 nitrogen and oxygen atoms in total. The van der Waals surface area contributed by atoms with E-state index in [9.17, 15) is 18.4 Å². The van der Waals surface area contributed by atoms with Crippen LogP contribution in [0.1, 0.15) is 31.8 Å². The number of para-hydroxylation sites is 1. The lowest BCUT2D eigenvalue weighted by atomic mass is 10.1. The Morgan fingerprint density at radius 3 is 2.40 bits per heavy atom. The van der Waals surface area contributed by atoms with Gasteiger partial charge in [-0.3, -0.25) is 9.59 Å². The monoisotopic (exact) mass is 428 g/mol. The zero-order valence-corrected chi connectivity index (χ0v) is 17.1. The van der Waals surface area contributed by atoms with E-state index in [0.29, 0.717) is 16.8 Å². The highest BCUT2D eigenvalue weighted by atomic mass is 35.5. The van der Waals surface area contributed by atoms with Crippen LogP contribution in [0.4, 0.5) is 14.5 Å². The minimum Gasteiger partial charge on any atom is -0.337 e. The van der Waals surface area contributed by atoms with Crippen LogP contribution < -0.4 is 5.32 Å². The molecule has 0 bridgehead atoms. The summed E-state index contributed by atoms with van der Waals surface area (Å²) in [4.78, 5) is 27.0. The molecule has 0 aliphatic heterocycles. The van der Waals surface area contributed by atoms with E-state index >= 15 is 0 Å². The van der Waals surface area contributed by atoms with Gasteiger partial charge in [0.05, 0.1) is 16.8 Å². The Hall–Kier alpha value is -3.25. The van der Waals surface area contributed by atoms with Crippen LogP contribution in [0.2, 0.25) is 5.02 Å². The maximum atomic E-state index is 14.0. The van der Waals surface area contributed by atoms with Crippen LogP contribution in [-0.2, 0) is 6.54 Å². The van der Waals surface area contributed by atoms with Gasteiger partial charge in [0.2, 0.25) is 0 Å². The standard InChI is InChI=1S/C23H19ClF2N2O2/c1-14-6-5-8-18(21(14)27-22(29)17-7-3-4-9-20(17)26)23(30)28(2)13-15-10-11-16(25)12-19(15)24/h3-12H,13H2,1-2H3,(H,27,29). The molecule has 1 N–H and O–H groups in total. The van der Waals surface area contributed by atoms with Crippen LogP contribution in [0, 0.1) is 18.6 Å². The van der Waals surface area contributed by atoms with Crippen LogP contribution in [0.3, 0.4) is 0 Å². The first-order valence-electron chi connectivity index (χ1n) is 9.13. The lowest BCUT2D eigenvalue weighted by molar-refractivity contribution is 0.0786. The normalized spacial score (nSPS) is 10.6. The Labute approximate surface area is 178 Å². The van der Waals surface area contributed by atoms with Crippen LogP contribution >= 0.6 is 11.6 Å². The molecule has 0 fully saturated rings. The minimum absolute atomic E-state index is 0.120. The maximum absolute atomic E-state index is 14.0. The number of hydrogen-bond acceptors (Lipinski definition) is 2. The molecule has 2 amide bonds. The number of carbonyl (C=O) groups is 2. The lowest BCUT2D eigenvalue weighted by Crippen LogP contribution is -2.28. The van der Waals surface area contributed by atoms with Gasteiger partial charge in [-0.1, -0.05) is 41.9 Å². The number of nitrogens with one attached hydrogen (secondary N) is 1. The number of amides is 2. The summed E-state index contributed by atoms with van der Waals surface area (Å²) in [5.74, 6) is -2.14. The van der Waals surface area contributed by atoms with Gasteiger partial charge in [-0.05, 0) is 48.4 Å². The van der Waals surface area contributed by atoms with E-state index in [1.807, 2.05) is 0 Å². The fourth-order valence-corrected chi connectivity index (χ4v) is 3.25. The van der Waals surface area contributed by atoms with Gasteiger partial charge in [0.25, 0.3) is 11.8 Å². The summed E-state index contributed by atoms with van der Waals surface area (Å²) in [6, 6.07) is 14.6. The highest BCUT2D eigenvalue weighted by Crippen LogP contribution is 2.25. The molecular formula is C23H19ClF2N2O2. The summed E-state index contributed by atoms with van der Waals surface area (Å²) >= 11 is 6.06.